The van der Waals surface area contributed by atoms with Crippen LogP contribution in [-0.2, 0) is 14.8 Å². The molecule has 1 saturated heterocycles. The van der Waals surface area contributed by atoms with Gasteiger partial charge in [0.15, 0.2) is 0 Å². The topological polar surface area (TPSA) is 68.3 Å². The SMILES string of the molecule is CC1(CNS(=O)(=O)c2ccc3nc(Cl)ccc3c2)COC1. The third-order valence-corrected chi connectivity index (χ3v) is 5.14. The molecule has 2 aromatic rings. The molecule has 0 aliphatic carbocycles. The van der Waals surface area contributed by atoms with E-state index in [4.69, 9.17) is 16.3 Å². The lowest BCUT2D eigenvalue weighted by molar-refractivity contribution is -0.0965. The molecule has 2 heterocycles. The van der Waals surface area contributed by atoms with E-state index in [1.165, 1.54) is 6.07 Å². The molecule has 1 aromatic heterocycles. The number of fused-ring (bicyclic) bond motifs is 1. The number of nitrogens with one attached hydrogen (secondary N) is 1. The van der Waals surface area contributed by atoms with Crippen LogP contribution < -0.4 is 4.72 Å². The van der Waals surface area contributed by atoms with Gasteiger partial charge in [0.05, 0.1) is 23.6 Å². The van der Waals surface area contributed by atoms with Gasteiger partial charge in [0.1, 0.15) is 5.15 Å². The molecule has 1 fully saturated rings. The maximum absolute atomic E-state index is 12.3. The number of ether oxygens (including phenoxy) is 1. The van der Waals surface area contributed by atoms with Crippen molar-refractivity contribution in [3.05, 3.63) is 35.5 Å². The van der Waals surface area contributed by atoms with E-state index in [0.29, 0.717) is 30.4 Å². The highest BCUT2D eigenvalue weighted by molar-refractivity contribution is 7.89. The van der Waals surface area contributed by atoms with Crippen LogP contribution in [0.3, 0.4) is 0 Å². The van der Waals surface area contributed by atoms with E-state index in [0.717, 1.165) is 5.39 Å². The van der Waals surface area contributed by atoms with Gasteiger partial charge in [0, 0.05) is 17.3 Å². The standard InChI is InChI=1S/C14H15ClN2O3S/c1-14(8-20-9-14)7-16-21(18,19)11-3-4-12-10(6-11)2-5-13(15)17-12/h2-6,16H,7-9H2,1H3. The van der Waals surface area contributed by atoms with Gasteiger partial charge in [-0.2, -0.15) is 0 Å². The summed E-state index contributed by atoms with van der Waals surface area (Å²) in [6.45, 7) is 3.52. The summed E-state index contributed by atoms with van der Waals surface area (Å²) in [5.41, 5.74) is 0.555. The number of rotatable bonds is 4. The van der Waals surface area contributed by atoms with Gasteiger partial charge < -0.3 is 4.74 Å². The predicted molar refractivity (Wildman–Crippen MR) is 80.9 cm³/mol. The van der Waals surface area contributed by atoms with E-state index in [-0.39, 0.29) is 10.3 Å². The maximum atomic E-state index is 12.3. The predicted octanol–water partition coefficient (Wildman–Crippen LogP) is 2.20. The molecule has 0 radical (unpaired) electrons. The summed E-state index contributed by atoms with van der Waals surface area (Å²) in [4.78, 5) is 4.37. The first kappa shape index (κ1) is 14.7. The van der Waals surface area contributed by atoms with Crippen LogP contribution >= 0.6 is 11.6 Å². The summed E-state index contributed by atoms with van der Waals surface area (Å²) in [5.74, 6) is 0. The van der Waals surface area contributed by atoms with E-state index >= 15 is 0 Å². The quantitative estimate of drug-likeness (QED) is 0.875. The molecule has 1 aliphatic heterocycles. The molecule has 5 nitrogen and oxygen atoms in total. The molecular weight excluding hydrogens is 312 g/mol. The average Bonchev–Trinajstić information content (AvgIpc) is 2.42. The summed E-state index contributed by atoms with van der Waals surface area (Å²) < 4.78 is 32.4. The monoisotopic (exact) mass is 326 g/mol. The zero-order chi connectivity index (χ0) is 15.1. The molecule has 21 heavy (non-hydrogen) atoms. The fourth-order valence-corrected chi connectivity index (χ4v) is 3.54. The van der Waals surface area contributed by atoms with E-state index in [1.54, 1.807) is 24.3 Å². The molecule has 0 saturated carbocycles. The number of hydrogen-bond donors (Lipinski definition) is 1. The molecule has 0 unspecified atom stereocenters. The first-order valence-corrected chi connectivity index (χ1v) is 8.38. The highest BCUT2D eigenvalue weighted by Crippen LogP contribution is 2.26. The number of sulfonamides is 1. The second-order valence-corrected chi connectivity index (χ2v) is 7.77. The lowest BCUT2D eigenvalue weighted by atomic mass is 9.89. The number of nitrogens with zero attached hydrogens (tertiary/aromatic N) is 1. The number of aromatic nitrogens is 1. The Morgan fingerprint density at radius 3 is 2.76 bits per heavy atom. The number of benzene rings is 1. The van der Waals surface area contributed by atoms with Crippen LogP contribution in [0.15, 0.2) is 35.2 Å². The summed E-state index contributed by atoms with van der Waals surface area (Å²) in [6, 6.07) is 8.18. The van der Waals surface area contributed by atoms with Crippen molar-refractivity contribution < 1.29 is 13.2 Å². The van der Waals surface area contributed by atoms with Crippen LogP contribution in [0.4, 0.5) is 0 Å². The first-order valence-electron chi connectivity index (χ1n) is 6.52. The fourth-order valence-electron chi connectivity index (χ4n) is 2.15. The van der Waals surface area contributed by atoms with Crippen molar-refractivity contribution in [2.75, 3.05) is 19.8 Å². The van der Waals surface area contributed by atoms with Gasteiger partial charge in [0.25, 0.3) is 0 Å². The van der Waals surface area contributed by atoms with Gasteiger partial charge in [-0.15, -0.1) is 0 Å². The average molecular weight is 327 g/mol. The molecule has 112 valence electrons. The van der Waals surface area contributed by atoms with Gasteiger partial charge in [0.2, 0.25) is 10.0 Å². The van der Waals surface area contributed by atoms with Gasteiger partial charge in [-0.05, 0) is 30.3 Å². The Bertz CT molecular complexity index is 788. The van der Waals surface area contributed by atoms with Crippen LogP contribution in [0, 0.1) is 5.41 Å². The highest BCUT2D eigenvalue weighted by Gasteiger charge is 2.34. The zero-order valence-corrected chi connectivity index (χ0v) is 13.0. The van der Waals surface area contributed by atoms with E-state index in [1.807, 2.05) is 6.92 Å². The normalized spacial score (nSPS) is 17.6. The minimum atomic E-state index is -3.54. The minimum absolute atomic E-state index is 0.112. The molecule has 0 bridgehead atoms. The third-order valence-electron chi connectivity index (χ3n) is 3.53. The zero-order valence-electron chi connectivity index (χ0n) is 11.5. The maximum Gasteiger partial charge on any atom is 0.240 e. The van der Waals surface area contributed by atoms with Crippen molar-refractivity contribution >= 4 is 32.5 Å². The Labute approximate surface area is 128 Å². The molecular formula is C14H15ClN2O3S. The molecule has 0 amide bonds. The summed E-state index contributed by atoms with van der Waals surface area (Å²) in [5, 5.41) is 1.12. The Balaban J connectivity index is 1.86. The number of pyridine rings is 1. The molecule has 7 heteroatoms. The Morgan fingerprint density at radius 1 is 1.33 bits per heavy atom. The third kappa shape index (κ3) is 3.03. The largest absolute Gasteiger partial charge is 0.380 e. The molecule has 1 aliphatic rings. The van der Waals surface area contributed by atoms with Crippen LogP contribution in [0.5, 0.6) is 0 Å². The number of hydrogen-bond acceptors (Lipinski definition) is 4. The fraction of sp³-hybridized carbons (Fsp3) is 0.357. The molecule has 0 spiro atoms. The van der Waals surface area contributed by atoms with Gasteiger partial charge >= 0.3 is 0 Å². The van der Waals surface area contributed by atoms with Gasteiger partial charge in [-0.3, -0.25) is 0 Å². The lowest BCUT2D eigenvalue weighted by Crippen LogP contribution is -2.48. The number of halogens is 1. The second kappa shape index (κ2) is 5.21. The van der Waals surface area contributed by atoms with Crippen molar-refractivity contribution in [3.63, 3.8) is 0 Å². The van der Waals surface area contributed by atoms with Crippen LogP contribution in [0.2, 0.25) is 5.15 Å². The van der Waals surface area contributed by atoms with Crippen LogP contribution in [0.1, 0.15) is 6.92 Å². The molecule has 3 rings (SSSR count). The van der Waals surface area contributed by atoms with E-state index in [9.17, 15) is 8.42 Å². The summed E-state index contributed by atoms with van der Waals surface area (Å²) >= 11 is 5.82. The Hall–Kier alpha value is -1.21. The summed E-state index contributed by atoms with van der Waals surface area (Å²) in [6.07, 6.45) is 0. The van der Waals surface area contributed by atoms with Crippen molar-refractivity contribution in [2.45, 2.75) is 11.8 Å². The van der Waals surface area contributed by atoms with Crippen molar-refractivity contribution in [1.82, 2.24) is 9.71 Å². The lowest BCUT2D eigenvalue weighted by Gasteiger charge is -2.37. The minimum Gasteiger partial charge on any atom is -0.380 e. The highest BCUT2D eigenvalue weighted by atomic mass is 35.5. The van der Waals surface area contributed by atoms with Crippen LogP contribution in [-0.4, -0.2) is 33.2 Å². The van der Waals surface area contributed by atoms with Gasteiger partial charge in [-0.25, -0.2) is 18.1 Å². The second-order valence-electron chi connectivity index (χ2n) is 5.62. The van der Waals surface area contributed by atoms with Gasteiger partial charge in [-0.1, -0.05) is 18.5 Å². The molecule has 1 N–H and O–H groups in total. The van der Waals surface area contributed by atoms with Crippen molar-refractivity contribution in [1.29, 1.82) is 0 Å². The first-order chi connectivity index (χ1) is 9.88. The van der Waals surface area contributed by atoms with E-state index < -0.39 is 10.0 Å². The van der Waals surface area contributed by atoms with E-state index in [2.05, 4.69) is 9.71 Å². The van der Waals surface area contributed by atoms with Crippen molar-refractivity contribution in [3.8, 4) is 0 Å². The smallest absolute Gasteiger partial charge is 0.240 e. The Kier molecular flexibility index (Phi) is 3.65. The van der Waals surface area contributed by atoms with Crippen molar-refractivity contribution in [2.24, 2.45) is 5.41 Å². The molecule has 1 aromatic carbocycles. The summed E-state index contributed by atoms with van der Waals surface area (Å²) in [7, 11) is -3.54. The molecule has 0 atom stereocenters. The Morgan fingerprint density at radius 2 is 2.10 bits per heavy atom. The van der Waals surface area contributed by atoms with Crippen LogP contribution in [0.25, 0.3) is 10.9 Å².